The van der Waals surface area contributed by atoms with E-state index in [1.54, 1.807) is 0 Å². The molecule has 1 N–H and O–H groups in total. The van der Waals surface area contributed by atoms with Crippen molar-refractivity contribution in [2.24, 2.45) is 5.92 Å². The minimum atomic E-state index is -0.415. The highest BCUT2D eigenvalue weighted by atomic mass is 32.1. The highest BCUT2D eigenvalue weighted by Gasteiger charge is 2.32. The van der Waals surface area contributed by atoms with E-state index in [9.17, 15) is 9.59 Å². The van der Waals surface area contributed by atoms with Crippen molar-refractivity contribution >= 4 is 28.2 Å². The molecule has 1 aromatic carbocycles. The number of carbonyl (C=O) groups excluding carboxylic acids is 2. The molecule has 1 atom stereocenters. The Morgan fingerprint density at radius 3 is 2.46 bits per heavy atom. The molecule has 1 amide bonds. The van der Waals surface area contributed by atoms with Crippen LogP contribution in [0.3, 0.4) is 0 Å². The molecule has 3 rings (SSSR count). The van der Waals surface area contributed by atoms with E-state index in [1.807, 2.05) is 6.92 Å². The lowest BCUT2D eigenvalue weighted by Gasteiger charge is -2.11. The van der Waals surface area contributed by atoms with Gasteiger partial charge in [-0.05, 0) is 43.2 Å². The summed E-state index contributed by atoms with van der Waals surface area (Å²) in [5.41, 5.74) is 3.56. The van der Waals surface area contributed by atoms with Crippen molar-refractivity contribution < 1.29 is 14.3 Å². The zero-order valence-electron chi connectivity index (χ0n) is 15.7. The predicted molar refractivity (Wildman–Crippen MR) is 106 cm³/mol. The number of rotatable bonds is 6. The van der Waals surface area contributed by atoms with Crippen LogP contribution in [-0.2, 0) is 9.53 Å². The van der Waals surface area contributed by atoms with Crippen molar-refractivity contribution in [3.05, 3.63) is 40.3 Å². The van der Waals surface area contributed by atoms with Gasteiger partial charge in [-0.1, -0.05) is 38.1 Å². The van der Waals surface area contributed by atoms with Crippen LogP contribution in [0.15, 0.2) is 24.3 Å². The van der Waals surface area contributed by atoms with Crippen LogP contribution < -0.4 is 5.32 Å². The van der Waals surface area contributed by atoms with Crippen LogP contribution >= 0.6 is 11.3 Å². The second kappa shape index (κ2) is 7.62. The fourth-order valence-electron chi connectivity index (χ4n) is 3.05. The highest BCUT2D eigenvalue weighted by Crippen LogP contribution is 2.41. The van der Waals surface area contributed by atoms with Crippen LogP contribution in [0, 0.1) is 12.8 Å². The Balaban J connectivity index is 2.01. The van der Waals surface area contributed by atoms with Crippen LogP contribution in [-0.4, -0.2) is 19.0 Å². The first kappa shape index (κ1) is 18.6. The number of benzene rings is 1. The van der Waals surface area contributed by atoms with Gasteiger partial charge < -0.3 is 10.1 Å². The number of nitrogens with one attached hydrogen (secondary N) is 1. The fraction of sp³-hybridized carbons (Fsp3) is 0.429. The van der Waals surface area contributed by atoms with Gasteiger partial charge in [0, 0.05) is 16.4 Å². The van der Waals surface area contributed by atoms with E-state index >= 15 is 0 Å². The third-order valence-electron chi connectivity index (χ3n) is 5.04. The molecule has 0 radical (unpaired) electrons. The summed E-state index contributed by atoms with van der Waals surface area (Å²) in [7, 11) is 1.37. The van der Waals surface area contributed by atoms with Gasteiger partial charge in [0.25, 0.3) is 0 Å². The van der Waals surface area contributed by atoms with Crippen molar-refractivity contribution in [3.63, 3.8) is 0 Å². The SMILES string of the molecule is CC[C@@H](C)c1ccc(-c2c(C)sc(NC(=O)C3CC3)c2C(=O)OC)cc1. The molecule has 0 spiro atoms. The number of thiophene rings is 1. The van der Waals surface area contributed by atoms with E-state index in [-0.39, 0.29) is 11.8 Å². The summed E-state index contributed by atoms with van der Waals surface area (Å²) < 4.78 is 5.01. The molecule has 26 heavy (non-hydrogen) atoms. The maximum absolute atomic E-state index is 12.5. The molecule has 1 saturated carbocycles. The van der Waals surface area contributed by atoms with Gasteiger partial charge in [0.2, 0.25) is 5.91 Å². The molecular weight excluding hydrogens is 346 g/mol. The molecule has 0 aliphatic heterocycles. The van der Waals surface area contributed by atoms with Crippen LogP contribution in [0.1, 0.15) is 59.8 Å². The van der Waals surface area contributed by atoms with Gasteiger partial charge in [0.05, 0.1) is 7.11 Å². The zero-order valence-corrected chi connectivity index (χ0v) is 16.5. The largest absolute Gasteiger partial charge is 0.465 e. The first-order valence-electron chi connectivity index (χ1n) is 9.09. The summed E-state index contributed by atoms with van der Waals surface area (Å²) in [6.07, 6.45) is 2.93. The summed E-state index contributed by atoms with van der Waals surface area (Å²) in [5, 5.41) is 3.53. The molecule has 1 aromatic heterocycles. The predicted octanol–water partition coefficient (Wildman–Crippen LogP) is 5.37. The highest BCUT2D eigenvalue weighted by molar-refractivity contribution is 7.17. The molecule has 0 unspecified atom stereocenters. The molecule has 1 aliphatic rings. The monoisotopic (exact) mass is 371 g/mol. The van der Waals surface area contributed by atoms with Crippen LogP contribution in [0.25, 0.3) is 11.1 Å². The van der Waals surface area contributed by atoms with Crippen molar-refractivity contribution in [1.29, 1.82) is 0 Å². The van der Waals surface area contributed by atoms with E-state index in [2.05, 4.69) is 43.4 Å². The Kier molecular flexibility index (Phi) is 5.47. The number of esters is 1. The van der Waals surface area contributed by atoms with Crippen LogP contribution in [0.4, 0.5) is 5.00 Å². The molecule has 0 saturated heterocycles. The molecule has 4 nitrogen and oxygen atoms in total. The topological polar surface area (TPSA) is 55.4 Å². The number of carbonyl (C=O) groups is 2. The Bertz CT molecular complexity index is 819. The Labute approximate surface area is 158 Å². The van der Waals surface area contributed by atoms with Crippen molar-refractivity contribution in [1.82, 2.24) is 0 Å². The Morgan fingerprint density at radius 1 is 1.27 bits per heavy atom. The molecule has 1 aliphatic carbocycles. The summed E-state index contributed by atoms with van der Waals surface area (Å²) in [4.78, 5) is 25.6. The average Bonchev–Trinajstić information content (AvgIpc) is 3.45. The lowest BCUT2D eigenvalue weighted by Crippen LogP contribution is -2.15. The average molecular weight is 372 g/mol. The van der Waals surface area contributed by atoms with Crippen LogP contribution in [0.2, 0.25) is 0 Å². The van der Waals surface area contributed by atoms with Crippen molar-refractivity contribution in [3.8, 4) is 11.1 Å². The number of hydrogen-bond acceptors (Lipinski definition) is 4. The van der Waals surface area contributed by atoms with Crippen molar-refractivity contribution in [2.45, 2.75) is 46.0 Å². The van der Waals surface area contributed by atoms with Gasteiger partial charge in [0.15, 0.2) is 0 Å². The number of methoxy groups -OCH3 is 1. The first-order chi connectivity index (χ1) is 12.5. The maximum atomic E-state index is 12.5. The lowest BCUT2D eigenvalue weighted by molar-refractivity contribution is -0.117. The Morgan fingerprint density at radius 2 is 1.92 bits per heavy atom. The lowest BCUT2D eigenvalue weighted by atomic mass is 9.94. The molecule has 2 aromatic rings. The number of anilines is 1. The first-order valence-corrected chi connectivity index (χ1v) is 9.90. The third kappa shape index (κ3) is 3.68. The third-order valence-corrected chi connectivity index (χ3v) is 6.06. The zero-order chi connectivity index (χ0) is 18.8. The van der Waals surface area contributed by atoms with E-state index in [1.165, 1.54) is 24.0 Å². The van der Waals surface area contributed by atoms with Gasteiger partial charge in [0.1, 0.15) is 10.6 Å². The molecule has 138 valence electrons. The maximum Gasteiger partial charge on any atom is 0.341 e. The number of aryl methyl sites for hydroxylation is 1. The normalized spacial score (nSPS) is 14.8. The number of hydrogen-bond donors (Lipinski definition) is 1. The van der Waals surface area contributed by atoms with Crippen molar-refractivity contribution in [2.75, 3.05) is 12.4 Å². The van der Waals surface area contributed by atoms with E-state index < -0.39 is 5.97 Å². The van der Waals surface area contributed by atoms with Gasteiger partial charge in [-0.25, -0.2) is 4.79 Å². The minimum Gasteiger partial charge on any atom is -0.465 e. The van der Waals surface area contributed by atoms with Gasteiger partial charge in [-0.2, -0.15) is 0 Å². The Hall–Kier alpha value is -2.14. The molecule has 1 fully saturated rings. The molecular formula is C21H25NO3S. The number of ether oxygens (including phenoxy) is 1. The van der Waals surface area contributed by atoms with E-state index in [0.29, 0.717) is 16.5 Å². The van der Waals surface area contributed by atoms with E-state index in [0.717, 1.165) is 35.3 Å². The smallest absolute Gasteiger partial charge is 0.341 e. The van der Waals surface area contributed by atoms with Gasteiger partial charge >= 0.3 is 5.97 Å². The minimum absolute atomic E-state index is 0.00456. The second-order valence-corrected chi connectivity index (χ2v) is 8.15. The quantitative estimate of drug-likeness (QED) is 0.694. The van der Waals surface area contributed by atoms with E-state index in [4.69, 9.17) is 4.74 Å². The molecule has 0 bridgehead atoms. The molecule has 5 heteroatoms. The standard InChI is InChI=1S/C21H25NO3S/c1-5-12(2)14-6-8-15(9-7-14)17-13(3)26-20(18(17)21(24)25-4)22-19(23)16-10-11-16/h6-9,12,16H,5,10-11H2,1-4H3,(H,22,23)/t12-/m1/s1. The summed E-state index contributed by atoms with van der Waals surface area (Å²) in [5.74, 6) is 0.166. The second-order valence-electron chi connectivity index (χ2n) is 6.92. The van der Waals surface area contributed by atoms with Crippen LogP contribution in [0.5, 0.6) is 0 Å². The summed E-state index contributed by atoms with van der Waals surface area (Å²) >= 11 is 1.44. The van der Waals surface area contributed by atoms with Gasteiger partial charge in [-0.3, -0.25) is 4.79 Å². The van der Waals surface area contributed by atoms with Gasteiger partial charge in [-0.15, -0.1) is 11.3 Å². The summed E-state index contributed by atoms with van der Waals surface area (Å²) in [6, 6.07) is 8.33. The summed E-state index contributed by atoms with van der Waals surface area (Å²) in [6.45, 7) is 6.35. The molecule has 1 heterocycles. The fourth-order valence-corrected chi connectivity index (χ4v) is 4.12. The number of amides is 1.